The highest BCUT2D eigenvalue weighted by Gasteiger charge is 2.15. The van der Waals surface area contributed by atoms with Crippen LogP contribution in [0.1, 0.15) is 34.6 Å². The standard InChI is InChI=1S/2C7H6O2.C5H11ClO2/c2*8-7(9)6-4-2-1-3-5-6;1-3(7)5(6)4(2)8/h2*1-5H,(H,8,9);3-5,7-8H,1-2H3/t;;3-,4+,5?. The molecule has 7 heteroatoms. The number of aromatic carboxylic acids is 2. The third-order valence-electron chi connectivity index (χ3n) is 2.96. The smallest absolute Gasteiger partial charge is 0.335 e. The Morgan fingerprint density at radius 1 is 0.731 bits per heavy atom. The average molecular weight is 383 g/mol. The van der Waals surface area contributed by atoms with Crippen molar-refractivity contribution in [3.05, 3.63) is 71.8 Å². The maximum absolute atomic E-state index is 10.2. The van der Waals surface area contributed by atoms with E-state index in [0.717, 1.165) is 0 Å². The minimum Gasteiger partial charge on any atom is -0.478 e. The second-order valence-corrected chi connectivity index (χ2v) is 5.77. The highest BCUT2D eigenvalue weighted by molar-refractivity contribution is 6.21. The van der Waals surface area contributed by atoms with E-state index in [-0.39, 0.29) is 0 Å². The highest BCUT2D eigenvalue weighted by atomic mass is 35.5. The van der Waals surface area contributed by atoms with E-state index in [2.05, 4.69) is 0 Å². The van der Waals surface area contributed by atoms with Crippen molar-refractivity contribution in [3.63, 3.8) is 0 Å². The lowest BCUT2D eigenvalue weighted by Crippen LogP contribution is -2.27. The van der Waals surface area contributed by atoms with E-state index in [4.69, 9.17) is 32.0 Å². The molecular formula is C19H23ClO6. The third-order valence-corrected chi connectivity index (χ3v) is 3.69. The molecule has 3 atom stereocenters. The third kappa shape index (κ3) is 10.5. The van der Waals surface area contributed by atoms with Gasteiger partial charge in [-0.2, -0.15) is 0 Å². The van der Waals surface area contributed by atoms with Crippen molar-refractivity contribution in [1.82, 2.24) is 0 Å². The molecule has 0 amide bonds. The van der Waals surface area contributed by atoms with E-state index in [1.54, 1.807) is 74.5 Å². The number of rotatable bonds is 4. The molecule has 0 fully saturated rings. The van der Waals surface area contributed by atoms with E-state index in [0.29, 0.717) is 11.1 Å². The van der Waals surface area contributed by atoms with Crippen molar-refractivity contribution < 1.29 is 30.0 Å². The van der Waals surface area contributed by atoms with Crippen molar-refractivity contribution in [1.29, 1.82) is 0 Å². The van der Waals surface area contributed by atoms with E-state index < -0.39 is 29.5 Å². The Morgan fingerprint density at radius 3 is 1.12 bits per heavy atom. The van der Waals surface area contributed by atoms with Gasteiger partial charge in [-0.15, -0.1) is 11.6 Å². The van der Waals surface area contributed by atoms with Gasteiger partial charge in [0.05, 0.1) is 28.7 Å². The molecule has 4 N–H and O–H groups in total. The molecule has 0 heterocycles. The van der Waals surface area contributed by atoms with Crippen LogP contribution < -0.4 is 0 Å². The van der Waals surface area contributed by atoms with Crippen molar-refractivity contribution in [3.8, 4) is 0 Å². The average Bonchev–Trinajstić information content (AvgIpc) is 2.63. The second kappa shape index (κ2) is 12.9. The Labute approximate surface area is 157 Å². The van der Waals surface area contributed by atoms with Crippen molar-refractivity contribution in [2.24, 2.45) is 0 Å². The Balaban J connectivity index is 0.000000362. The molecule has 0 spiro atoms. The summed E-state index contributed by atoms with van der Waals surface area (Å²) in [5.41, 5.74) is 0.662. The quantitative estimate of drug-likeness (QED) is 0.604. The number of halogens is 1. The van der Waals surface area contributed by atoms with E-state index in [1.165, 1.54) is 0 Å². The van der Waals surface area contributed by atoms with Gasteiger partial charge in [-0.25, -0.2) is 9.59 Å². The highest BCUT2D eigenvalue weighted by Crippen LogP contribution is 2.06. The van der Waals surface area contributed by atoms with Crippen LogP contribution in [-0.4, -0.2) is 49.9 Å². The molecule has 2 aromatic carbocycles. The molecule has 142 valence electrons. The molecule has 26 heavy (non-hydrogen) atoms. The fourth-order valence-corrected chi connectivity index (χ4v) is 1.56. The van der Waals surface area contributed by atoms with Crippen LogP contribution in [0.15, 0.2) is 60.7 Å². The van der Waals surface area contributed by atoms with Crippen molar-refractivity contribution in [2.75, 3.05) is 0 Å². The molecule has 0 saturated heterocycles. The SMILES string of the molecule is C[C@H](O)C(Cl)[C@@H](C)O.O=C(O)c1ccccc1.O=C(O)c1ccccc1. The molecule has 0 bridgehead atoms. The van der Waals surface area contributed by atoms with Gasteiger partial charge in [-0.1, -0.05) is 36.4 Å². The van der Waals surface area contributed by atoms with Gasteiger partial charge in [0, 0.05) is 0 Å². The van der Waals surface area contributed by atoms with Gasteiger partial charge in [-0.3, -0.25) is 0 Å². The number of hydrogen-bond acceptors (Lipinski definition) is 4. The van der Waals surface area contributed by atoms with Crippen molar-refractivity contribution in [2.45, 2.75) is 31.4 Å². The lowest BCUT2D eigenvalue weighted by atomic mass is 10.2. The largest absolute Gasteiger partial charge is 0.478 e. The summed E-state index contributed by atoms with van der Waals surface area (Å²) >= 11 is 5.45. The normalized spacial score (nSPS) is 13.0. The zero-order chi connectivity index (χ0) is 20.1. The van der Waals surface area contributed by atoms with E-state index in [9.17, 15) is 9.59 Å². The molecular weight excluding hydrogens is 360 g/mol. The zero-order valence-electron chi connectivity index (χ0n) is 14.5. The molecule has 0 aromatic heterocycles. The predicted octanol–water partition coefficient (Wildman–Crippen LogP) is 3.13. The fourth-order valence-electron chi connectivity index (χ4n) is 1.56. The lowest BCUT2D eigenvalue weighted by Gasteiger charge is -2.14. The molecule has 0 aliphatic carbocycles. The summed E-state index contributed by atoms with van der Waals surface area (Å²) < 4.78 is 0. The van der Waals surface area contributed by atoms with Crippen LogP contribution in [0.3, 0.4) is 0 Å². The van der Waals surface area contributed by atoms with Crippen LogP contribution in [0.25, 0.3) is 0 Å². The molecule has 2 rings (SSSR count). The Hall–Kier alpha value is -2.41. The Morgan fingerprint density at radius 2 is 1.00 bits per heavy atom. The molecule has 0 radical (unpaired) electrons. The monoisotopic (exact) mass is 382 g/mol. The molecule has 2 aromatic rings. The first-order valence-electron chi connectivity index (χ1n) is 7.73. The Bertz CT molecular complexity index is 586. The van der Waals surface area contributed by atoms with Crippen molar-refractivity contribution >= 4 is 23.5 Å². The molecule has 0 saturated carbocycles. The molecule has 0 aliphatic heterocycles. The van der Waals surface area contributed by atoms with Gasteiger partial charge in [0.2, 0.25) is 0 Å². The van der Waals surface area contributed by atoms with Crippen LogP contribution in [-0.2, 0) is 0 Å². The Kier molecular flexibility index (Phi) is 11.7. The summed E-state index contributed by atoms with van der Waals surface area (Å²) in [6, 6.07) is 16.6. The van der Waals surface area contributed by atoms with Crippen LogP contribution in [0.4, 0.5) is 0 Å². The number of carbonyl (C=O) groups is 2. The number of carboxylic acid groups (broad SMARTS) is 2. The van der Waals surface area contributed by atoms with Crippen LogP contribution in [0, 0.1) is 0 Å². The summed E-state index contributed by atoms with van der Waals surface area (Å²) in [6.07, 6.45) is -1.28. The minimum absolute atomic E-state index is 0.331. The van der Waals surface area contributed by atoms with Crippen LogP contribution in [0.2, 0.25) is 0 Å². The minimum atomic E-state index is -0.879. The first-order chi connectivity index (χ1) is 12.2. The maximum atomic E-state index is 10.2. The molecule has 1 unspecified atom stereocenters. The summed E-state index contributed by atoms with van der Waals surface area (Å²) in [5, 5.41) is 33.6. The van der Waals surface area contributed by atoms with Gasteiger partial charge in [0.25, 0.3) is 0 Å². The summed E-state index contributed by atoms with van der Waals surface area (Å²) in [6.45, 7) is 3.09. The first-order valence-corrected chi connectivity index (χ1v) is 8.17. The summed E-state index contributed by atoms with van der Waals surface area (Å²) in [4.78, 5) is 20.4. The number of benzene rings is 2. The predicted molar refractivity (Wildman–Crippen MR) is 99.8 cm³/mol. The fraction of sp³-hybridized carbons (Fsp3) is 0.263. The second-order valence-electron chi connectivity index (χ2n) is 5.27. The van der Waals surface area contributed by atoms with E-state index in [1.807, 2.05) is 0 Å². The van der Waals surface area contributed by atoms with Gasteiger partial charge < -0.3 is 20.4 Å². The number of carboxylic acids is 2. The number of alkyl halides is 1. The maximum Gasteiger partial charge on any atom is 0.335 e. The first kappa shape index (κ1) is 23.6. The van der Waals surface area contributed by atoms with Gasteiger partial charge in [0.15, 0.2) is 0 Å². The zero-order valence-corrected chi connectivity index (χ0v) is 15.2. The molecule has 0 aliphatic rings. The number of hydrogen-bond donors (Lipinski definition) is 4. The lowest BCUT2D eigenvalue weighted by molar-refractivity contribution is 0.0686. The molecule has 6 nitrogen and oxygen atoms in total. The van der Waals surface area contributed by atoms with Gasteiger partial charge in [-0.05, 0) is 38.1 Å². The summed E-state index contributed by atoms with van der Waals surface area (Å²) in [5.74, 6) is -1.76. The van der Waals surface area contributed by atoms with Gasteiger partial charge >= 0.3 is 11.9 Å². The van der Waals surface area contributed by atoms with Crippen LogP contribution in [0.5, 0.6) is 0 Å². The number of aliphatic hydroxyl groups is 2. The summed E-state index contributed by atoms with van der Waals surface area (Å²) in [7, 11) is 0. The van der Waals surface area contributed by atoms with Crippen LogP contribution >= 0.6 is 11.6 Å². The number of aliphatic hydroxyl groups excluding tert-OH is 2. The topological polar surface area (TPSA) is 115 Å². The van der Waals surface area contributed by atoms with Gasteiger partial charge in [0.1, 0.15) is 0 Å². The van der Waals surface area contributed by atoms with E-state index >= 15 is 0 Å².